The molecule has 7 heteroatoms. The van der Waals surface area contributed by atoms with Crippen LogP contribution in [0.25, 0.3) is 5.69 Å². The Hall–Kier alpha value is -3.22. The van der Waals surface area contributed by atoms with Gasteiger partial charge in [-0.3, -0.25) is 4.79 Å². The van der Waals surface area contributed by atoms with E-state index < -0.39 is 0 Å². The molecule has 0 aliphatic rings. The van der Waals surface area contributed by atoms with Crippen molar-refractivity contribution in [2.75, 3.05) is 13.2 Å². The lowest BCUT2D eigenvalue weighted by atomic mass is 10.2. The summed E-state index contributed by atoms with van der Waals surface area (Å²) in [6.07, 6.45) is 1.48. The van der Waals surface area contributed by atoms with E-state index in [-0.39, 0.29) is 5.91 Å². The number of ether oxygens (including phenoxy) is 1. The Morgan fingerprint density at radius 1 is 1.21 bits per heavy atom. The zero-order chi connectivity index (χ0) is 16.8. The van der Waals surface area contributed by atoms with Gasteiger partial charge in [0.25, 0.3) is 5.91 Å². The average molecular weight is 323 g/mol. The highest BCUT2D eigenvalue weighted by molar-refractivity contribution is 5.94. The molecule has 0 aliphatic carbocycles. The Labute approximate surface area is 139 Å². The van der Waals surface area contributed by atoms with Gasteiger partial charge in [-0.25, -0.2) is 4.68 Å². The number of nitrogens with zero attached hydrogens (tertiary/aromatic N) is 4. The molecule has 1 amide bonds. The highest BCUT2D eigenvalue weighted by Gasteiger charge is 2.07. The molecule has 0 atom stereocenters. The van der Waals surface area contributed by atoms with Crippen LogP contribution in [0.3, 0.4) is 0 Å². The summed E-state index contributed by atoms with van der Waals surface area (Å²) in [5, 5.41) is 13.8. The SMILES string of the molecule is Cc1ccccc1OCCNC(=O)c1cccc(-n2cnnn2)c1. The third-order valence-electron chi connectivity index (χ3n) is 3.46. The van der Waals surface area contributed by atoms with Crippen molar-refractivity contribution in [3.63, 3.8) is 0 Å². The van der Waals surface area contributed by atoms with Gasteiger partial charge in [0.1, 0.15) is 18.7 Å². The summed E-state index contributed by atoms with van der Waals surface area (Å²) in [5.41, 5.74) is 2.33. The van der Waals surface area contributed by atoms with Crippen molar-refractivity contribution in [3.8, 4) is 11.4 Å². The van der Waals surface area contributed by atoms with Crippen molar-refractivity contribution < 1.29 is 9.53 Å². The molecule has 3 rings (SSSR count). The zero-order valence-corrected chi connectivity index (χ0v) is 13.2. The van der Waals surface area contributed by atoms with Crippen LogP contribution in [-0.2, 0) is 0 Å². The Balaban J connectivity index is 1.54. The minimum atomic E-state index is -0.168. The first-order valence-electron chi connectivity index (χ1n) is 7.54. The Morgan fingerprint density at radius 2 is 2.08 bits per heavy atom. The fourth-order valence-corrected chi connectivity index (χ4v) is 2.22. The number of nitrogens with one attached hydrogen (secondary N) is 1. The van der Waals surface area contributed by atoms with E-state index in [1.54, 1.807) is 18.2 Å². The molecule has 2 aromatic carbocycles. The largest absolute Gasteiger partial charge is 0.491 e. The van der Waals surface area contributed by atoms with Crippen molar-refractivity contribution in [1.29, 1.82) is 0 Å². The molecule has 3 aromatic rings. The quantitative estimate of drug-likeness (QED) is 0.699. The second kappa shape index (κ2) is 7.36. The van der Waals surface area contributed by atoms with Gasteiger partial charge in [-0.15, -0.1) is 5.10 Å². The Bertz CT molecular complexity index is 817. The van der Waals surface area contributed by atoms with Crippen LogP contribution in [0.4, 0.5) is 0 Å². The van der Waals surface area contributed by atoms with Gasteiger partial charge in [-0.2, -0.15) is 0 Å². The number of hydrogen-bond acceptors (Lipinski definition) is 5. The summed E-state index contributed by atoms with van der Waals surface area (Å²) < 4.78 is 7.16. The van der Waals surface area contributed by atoms with E-state index in [9.17, 15) is 4.79 Å². The van der Waals surface area contributed by atoms with Crippen molar-refractivity contribution in [2.24, 2.45) is 0 Å². The van der Waals surface area contributed by atoms with Gasteiger partial charge in [0.2, 0.25) is 0 Å². The second-order valence-corrected chi connectivity index (χ2v) is 5.17. The number of rotatable bonds is 6. The lowest BCUT2D eigenvalue weighted by molar-refractivity contribution is 0.0947. The molecule has 122 valence electrons. The van der Waals surface area contributed by atoms with Crippen LogP contribution in [0.5, 0.6) is 5.75 Å². The summed E-state index contributed by atoms with van der Waals surface area (Å²) in [6.45, 7) is 2.81. The van der Waals surface area contributed by atoms with Crippen molar-refractivity contribution in [3.05, 3.63) is 66.0 Å². The van der Waals surface area contributed by atoms with Crippen LogP contribution in [-0.4, -0.2) is 39.3 Å². The maximum Gasteiger partial charge on any atom is 0.251 e. The summed E-state index contributed by atoms with van der Waals surface area (Å²) in [6, 6.07) is 14.9. The normalized spacial score (nSPS) is 10.4. The molecule has 0 bridgehead atoms. The number of benzene rings is 2. The van der Waals surface area contributed by atoms with E-state index >= 15 is 0 Å². The number of aromatic nitrogens is 4. The van der Waals surface area contributed by atoms with E-state index in [1.807, 2.05) is 37.3 Å². The second-order valence-electron chi connectivity index (χ2n) is 5.17. The van der Waals surface area contributed by atoms with Gasteiger partial charge in [-0.05, 0) is 47.2 Å². The van der Waals surface area contributed by atoms with Crippen molar-refractivity contribution in [2.45, 2.75) is 6.92 Å². The van der Waals surface area contributed by atoms with Gasteiger partial charge in [-0.1, -0.05) is 24.3 Å². The number of amides is 1. The monoisotopic (exact) mass is 323 g/mol. The summed E-state index contributed by atoms with van der Waals surface area (Å²) in [7, 11) is 0. The third kappa shape index (κ3) is 3.75. The van der Waals surface area contributed by atoms with Gasteiger partial charge in [0.15, 0.2) is 0 Å². The molecule has 24 heavy (non-hydrogen) atoms. The molecule has 7 nitrogen and oxygen atoms in total. The molecule has 0 saturated carbocycles. The summed E-state index contributed by atoms with van der Waals surface area (Å²) in [5.74, 6) is 0.658. The third-order valence-corrected chi connectivity index (χ3v) is 3.46. The Morgan fingerprint density at radius 3 is 2.88 bits per heavy atom. The molecule has 0 spiro atoms. The van der Waals surface area contributed by atoms with Gasteiger partial charge < -0.3 is 10.1 Å². The number of tetrazole rings is 1. The Kier molecular flexibility index (Phi) is 4.81. The van der Waals surface area contributed by atoms with Gasteiger partial charge in [0, 0.05) is 5.56 Å². The van der Waals surface area contributed by atoms with Gasteiger partial charge in [0.05, 0.1) is 12.2 Å². The first-order valence-corrected chi connectivity index (χ1v) is 7.54. The molecule has 0 saturated heterocycles. The number of aryl methyl sites for hydroxylation is 1. The van der Waals surface area contributed by atoms with Crippen LogP contribution >= 0.6 is 0 Å². The number of carbonyl (C=O) groups excluding carboxylic acids is 1. The van der Waals surface area contributed by atoms with E-state index in [4.69, 9.17) is 4.74 Å². The number of para-hydroxylation sites is 1. The molecule has 0 unspecified atom stereocenters. The van der Waals surface area contributed by atoms with Crippen LogP contribution < -0.4 is 10.1 Å². The van der Waals surface area contributed by atoms with Crippen LogP contribution in [0.2, 0.25) is 0 Å². The fraction of sp³-hybridized carbons (Fsp3) is 0.176. The molecular weight excluding hydrogens is 306 g/mol. The molecule has 0 fully saturated rings. The van der Waals surface area contributed by atoms with Crippen molar-refractivity contribution in [1.82, 2.24) is 25.5 Å². The maximum atomic E-state index is 12.2. The molecule has 0 radical (unpaired) electrons. The summed E-state index contributed by atoms with van der Waals surface area (Å²) >= 11 is 0. The van der Waals surface area contributed by atoms with Crippen LogP contribution in [0.1, 0.15) is 15.9 Å². The molecule has 1 N–H and O–H groups in total. The lowest BCUT2D eigenvalue weighted by Gasteiger charge is -2.10. The van der Waals surface area contributed by atoms with E-state index in [2.05, 4.69) is 20.8 Å². The standard InChI is InChI=1S/C17H17N5O2/c1-13-5-2-3-8-16(13)24-10-9-18-17(23)14-6-4-7-15(11-14)22-12-19-20-21-22/h2-8,11-12H,9-10H2,1H3,(H,18,23). The van der Waals surface area contributed by atoms with Gasteiger partial charge >= 0.3 is 0 Å². The first-order chi connectivity index (χ1) is 11.7. The predicted molar refractivity (Wildman–Crippen MR) is 88.2 cm³/mol. The smallest absolute Gasteiger partial charge is 0.251 e. The van der Waals surface area contributed by atoms with E-state index in [1.165, 1.54) is 11.0 Å². The fourth-order valence-electron chi connectivity index (χ4n) is 2.22. The molecule has 1 aromatic heterocycles. The highest BCUT2D eigenvalue weighted by atomic mass is 16.5. The number of hydrogen-bond donors (Lipinski definition) is 1. The zero-order valence-electron chi connectivity index (χ0n) is 13.2. The maximum absolute atomic E-state index is 12.2. The molecule has 0 aliphatic heterocycles. The molecule has 1 heterocycles. The van der Waals surface area contributed by atoms with E-state index in [0.29, 0.717) is 18.7 Å². The average Bonchev–Trinajstić information content (AvgIpc) is 3.15. The lowest BCUT2D eigenvalue weighted by Crippen LogP contribution is -2.28. The minimum Gasteiger partial charge on any atom is -0.491 e. The molecular formula is C17H17N5O2. The van der Waals surface area contributed by atoms with Crippen LogP contribution in [0, 0.1) is 6.92 Å². The predicted octanol–water partition coefficient (Wildman–Crippen LogP) is 1.78. The minimum absolute atomic E-state index is 0.168. The highest BCUT2D eigenvalue weighted by Crippen LogP contribution is 2.15. The number of carbonyl (C=O) groups is 1. The topological polar surface area (TPSA) is 81.9 Å². The van der Waals surface area contributed by atoms with Crippen LogP contribution in [0.15, 0.2) is 54.9 Å². The first kappa shape index (κ1) is 15.7. The van der Waals surface area contributed by atoms with Crippen molar-refractivity contribution >= 4 is 5.91 Å². The van der Waals surface area contributed by atoms with E-state index in [0.717, 1.165) is 17.0 Å². The summed E-state index contributed by atoms with van der Waals surface area (Å²) in [4.78, 5) is 12.2.